The van der Waals surface area contributed by atoms with Crippen LogP contribution in [0, 0.1) is 21.4 Å². The Kier molecular flexibility index (Phi) is 5.67. The first kappa shape index (κ1) is 16.4. The smallest absolute Gasteiger partial charge is 0.293 e. The van der Waals surface area contributed by atoms with Gasteiger partial charge in [0.2, 0.25) is 0 Å². The zero-order chi connectivity index (χ0) is 16.0. The number of nitrogens with zero attached hydrogens (tertiary/aromatic N) is 3. The molecule has 0 heterocycles. The van der Waals surface area contributed by atoms with Gasteiger partial charge in [0.1, 0.15) is 5.69 Å². The second-order valence-corrected chi connectivity index (χ2v) is 4.65. The summed E-state index contributed by atoms with van der Waals surface area (Å²) in [6, 6.07) is 6.07. The van der Waals surface area contributed by atoms with Crippen LogP contribution in [0.3, 0.4) is 0 Å². The third-order valence-corrected chi connectivity index (χ3v) is 3.18. The molecule has 0 spiro atoms. The fraction of sp³-hybridized carbons (Fsp3) is 0.429. The van der Waals surface area contributed by atoms with Crippen molar-refractivity contribution < 1.29 is 9.72 Å². The number of carbonyl (C=O) groups is 1. The number of benzene rings is 1. The minimum absolute atomic E-state index is 0.135. The van der Waals surface area contributed by atoms with Crippen LogP contribution >= 0.6 is 0 Å². The van der Waals surface area contributed by atoms with Crippen LogP contribution in [0.25, 0.3) is 0 Å². The van der Waals surface area contributed by atoms with Crippen molar-refractivity contribution in [1.82, 2.24) is 4.90 Å². The maximum Gasteiger partial charge on any atom is 0.293 e. The lowest BCUT2D eigenvalue weighted by Crippen LogP contribution is -2.34. The molecule has 112 valence electrons. The Labute approximate surface area is 123 Å². The Morgan fingerprint density at radius 2 is 2.24 bits per heavy atom. The molecule has 0 bridgehead atoms. The number of nitro groups is 1. The molecule has 0 fully saturated rings. The van der Waals surface area contributed by atoms with Crippen molar-refractivity contribution in [3.63, 3.8) is 0 Å². The molecular formula is C14H18N4O3. The van der Waals surface area contributed by atoms with Gasteiger partial charge in [0.15, 0.2) is 0 Å². The molecule has 1 aromatic rings. The number of nitrogens with one attached hydrogen (secondary N) is 1. The lowest BCUT2D eigenvalue weighted by Gasteiger charge is -2.23. The van der Waals surface area contributed by atoms with Crippen molar-refractivity contribution in [2.45, 2.75) is 26.3 Å². The topological polar surface area (TPSA) is 99.3 Å². The minimum Gasteiger partial charge on any atom is -0.380 e. The first-order valence-corrected chi connectivity index (χ1v) is 6.58. The molecule has 1 aromatic carbocycles. The highest BCUT2D eigenvalue weighted by Crippen LogP contribution is 2.26. The van der Waals surface area contributed by atoms with Crippen molar-refractivity contribution in [3.05, 3.63) is 33.9 Å². The fourth-order valence-electron chi connectivity index (χ4n) is 1.83. The highest BCUT2D eigenvalue weighted by Gasteiger charge is 2.21. The van der Waals surface area contributed by atoms with Crippen LogP contribution in [0.15, 0.2) is 18.2 Å². The summed E-state index contributed by atoms with van der Waals surface area (Å²) in [5.41, 5.74) is 0.478. The monoisotopic (exact) mass is 290 g/mol. The molecule has 7 heteroatoms. The molecule has 0 aromatic heterocycles. The predicted octanol–water partition coefficient (Wildman–Crippen LogP) is 2.40. The molecule has 0 saturated heterocycles. The van der Waals surface area contributed by atoms with E-state index in [0.29, 0.717) is 12.2 Å². The van der Waals surface area contributed by atoms with E-state index in [1.165, 1.54) is 17.0 Å². The molecular weight excluding hydrogens is 272 g/mol. The van der Waals surface area contributed by atoms with E-state index < -0.39 is 4.92 Å². The van der Waals surface area contributed by atoms with Gasteiger partial charge in [0, 0.05) is 31.3 Å². The van der Waals surface area contributed by atoms with Crippen LogP contribution in [-0.4, -0.2) is 35.4 Å². The minimum atomic E-state index is -0.520. The van der Waals surface area contributed by atoms with E-state index in [4.69, 9.17) is 5.26 Å². The maximum absolute atomic E-state index is 12.3. The van der Waals surface area contributed by atoms with Gasteiger partial charge in [-0.2, -0.15) is 5.26 Å². The average Bonchev–Trinajstić information content (AvgIpc) is 2.46. The third-order valence-electron chi connectivity index (χ3n) is 3.18. The van der Waals surface area contributed by atoms with Crippen molar-refractivity contribution in [3.8, 4) is 6.07 Å². The summed E-state index contributed by atoms with van der Waals surface area (Å²) >= 11 is 0. The SMILES string of the molecule is CCNc1ccc(C(=O)N(C)C(C)CC#N)cc1[N+](=O)[O-]. The lowest BCUT2D eigenvalue weighted by atomic mass is 10.1. The van der Waals surface area contributed by atoms with Crippen LogP contribution in [0.2, 0.25) is 0 Å². The van der Waals surface area contributed by atoms with E-state index in [1.807, 2.05) is 13.0 Å². The molecule has 1 atom stereocenters. The summed E-state index contributed by atoms with van der Waals surface area (Å²) in [6.07, 6.45) is 0.208. The van der Waals surface area contributed by atoms with Gasteiger partial charge < -0.3 is 10.2 Å². The first-order valence-electron chi connectivity index (χ1n) is 6.58. The summed E-state index contributed by atoms with van der Waals surface area (Å²) < 4.78 is 0. The molecule has 1 rings (SSSR count). The Bertz CT molecular complexity index is 580. The van der Waals surface area contributed by atoms with E-state index in [1.54, 1.807) is 20.0 Å². The van der Waals surface area contributed by atoms with Crippen LogP contribution in [0.4, 0.5) is 11.4 Å². The summed E-state index contributed by atoms with van der Waals surface area (Å²) in [5, 5.41) is 22.6. The number of carbonyl (C=O) groups excluding carboxylic acids is 1. The lowest BCUT2D eigenvalue weighted by molar-refractivity contribution is -0.384. The van der Waals surface area contributed by atoms with Crippen LogP contribution in [0.5, 0.6) is 0 Å². The molecule has 0 aliphatic rings. The number of nitriles is 1. The van der Waals surface area contributed by atoms with E-state index in [0.717, 1.165) is 0 Å². The van der Waals surface area contributed by atoms with Crippen LogP contribution in [0.1, 0.15) is 30.6 Å². The maximum atomic E-state index is 12.3. The van der Waals surface area contributed by atoms with E-state index in [2.05, 4.69) is 5.32 Å². The number of nitro benzene ring substituents is 1. The van der Waals surface area contributed by atoms with Gasteiger partial charge in [-0.1, -0.05) is 0 Å². The Balaban J connectivity index is 3.09. The van der Waals surface area contributed by atoms with E-state index in [-0.39, 0.29) is 29.6 Å². The standard InChI is InChI=1S/C14H18N4O3/c1-4-16-12-6-5-11(9-13(12)18(20)21)14(19)17(3)10(2)7-8-15/h5-6,9-10,16H,4,7H2,1-3H3. The van der Waals surface area contributed by atoms with Gasteiger partial charge in [0.25, 0.3) is 11.6 Å². The molecule has 0 saturated carbocycles. The van der Waals surface area contributed by atoms with Crippen molar-refractivity contribution >= 4 is 17.3 Å². The number of hydrogen-bond donors (Lipinski definition) is 1. The van der Waals surface area contributed by atoms with Gasteiger partial charge in [-0.15, -0.1) is 0 Å². The number of hydrogen-bond acceptors (Lipinski definition) is 5. The van der Waals surface area contributed by atoms with Crippen LogP contribution in [-0.2, 0) is 0 Å². The molecule has 0 aliphatic heterocycles. The zero-order valence-corrected chi connectivity index (χ0v) is 12.3. The summed E-state index contributed by atoms with van der Waals surface area (Å²) in [4.78, 5) is 24.2. The zero-order valence-electron chi connectivity index (χ0n) is 12.3. The van der Waals surface area contributed by atoms with Gasteiger partial charge in [-0.25, -0.2) is 0 Å². The van der Waals surface area contributed by atoms with E-state index in [9.17, 15) is 14.9 Å². The molecule has 1 amide bonds. The average molecular weight is 290 g/mol. The molecule has 1 unspecified atom stereocenters. The van der Waals surface area contributed by atoms with Gasteiger partial charge in [-0.05, 0) is 26.0 Å². The second kappa shape index (κ2) is 7.24. The Morgan fingerprint density at radius 1 is 1.57 bits per heavy atom. The number of anilines is 1. The van der Waals surface area contributed by atoms with Gasteiger partial charge in [0.05, 0.1) is 17.4 Å². The second-order valence-electron chi connectivity index (χ2n) is 4.65. The normalized spacial score (nSPS) is 11.3. The molecule has 0 aliphatic carbocycles. The van der Waals surface area contributed by atoms with Crippen molar-refractivity contribution in [2.24, 2.45) is 0 Å². The van der Waals surface area contributed by atoms with Crippen LogP contribution < -0.4 is 5.32 Å². The fourth-order valence-corrected chi connectivity index (χ4v) is 1.83. The van der Waals surface area contributed by atoms with Crippen molar-refractivity contribution in [2.75, 3.05) is 18.9 Å². The van der Waals surface area contributed by atoms with Gasteiger partial charge >= 0.3 is 0 Å². The number of amides is 1. The Morgan fingerprint density at radius 3 is 2.76 bits per heavy atom. The quantitative estimate of drug-likeness (QED) is 0.640. The summed E-state index contributed by atoms with van der Waals surface area (Å²) in [5.74, 6) is -0.344. The van der Waals surface area contributed by atoms with E-state index >= 15 is 0 Å². The predicted molar refractivity (Wildman–Crippen MR) is 79.0 cm³/mol. The molecule has 7 nitrogen and oxygen atoms in total. The largest absolute Gasteiger partial charge is 0.380 e. The van der Waals surface area contributed by atoms with Crippen molar-refractivity contribution in [1.29, 1.82) is 5.26 Å². The van der Waals surface area contributed by atoms with Gasteiger partial charge in [-0.3, -0.25) is 14.9 Å². The summed E-state index contributed by atoms with van der Waals surface area (Å²) in [7, 11) is 1.58. The summed E-state index contributed by atoms with van der Waals surface area (Å²) in [6.45, 7) is 4.13. The highest BCUT2D eigenvalue weighted by molar-refractivity contribution is 5.95. The Hall–Kier alpha value is -2.62. The third kappa shape index (κ3) is 3.92. The molecule has 21 heavy (non-hydrogen) atoms. The first-order chi connectivity index (χ1) is 9.92. The number of rotatable bonds is 6. The highest BCUT2D eigenvalue weighted by atomic mass is 16.6. The molecule has 1 N–H and O–H groups in total. The molecule has 0 radical (unpaired) electrons.